The van der Waals surface area contributed by atoms with Crippen molar-refractivity contribution in [3.05, 3.63) is 42.2 Å². The van der Waals surface area contributed by atoms with E-state index in [-0.39, 0.29) is 5.92 Å². The zero-order valence-electron chi connectivity index (χ0n) is 11.8. The third kappa shape index (κ3) is 2.13. The van der Waals surface area contributed by atoms with E-state index in [9.17, 15) is 8.78 Å². The first-order chi connectivity index (χ1) is 10.6. The highest BCUT2D eigenvalue weighted by atomic mass is 19.3. The van der Waals surface area contributed by atoms with E-state index in [0.717, 1.165) is 16.8 Å². The monoisotopic (exact) mass is 301 g/mol. The Bertz CT molecular complexity index is 831. The molecule has 22 heavy (non-hydrogen) atoms. The number of rotatable bonds is 3. The highest BCUT2D eigenvalue weighted by molar-refractivity contribution is 5.63. The Morgan fingerprint density at radius 3 is 2.73 bits per heavy atom. The SMILES string of the molecule is Cc1cn2nc(-c3cncnc3)cc([C@H]3C[C@@H]3C(F)F)c2n1. The van der Waals surface area contributed by atoms with E-state index in [1.54, 1.807) is 23.1 Å². The fourth-order valence-electron chi connectivity index (χ4n) is 2.81. The lowest BCUT2D eigenvalue weighted by Gasteiger charge is -2.07. The van der Waals surface area contributed by atoms with E-state index in [1.807, 2.05) is 13.0 Å². The molecule has 1 saturated carbocycles. The molecule has 0 aromatic carbocycles. The van der Waals surface area contributed by atoms with Crippen molar-refractivity contribution >= 4 is 5.65 Å². The maximum atomic E-state index is 12.9. The molecular weight excluding hydrogens is 288 g/mol. The van der Waals surface area contributed by atoms with Crippen LogP contribution in [0.1, 0.15) is 23.6 Å². The maximum Gasteiger partial charge on any atom is 0.242 e. The van der Waals surface area contributed by atoms with Crippen molar-refractivity contribution in [2.24, 2.45) is 5.92 Å². The number of fused-ring (bicyclic) bond motifs is 1. The first-order valence-corrected chi connectivity index (χ1v) is 7.04. The van der Waals surface area contributed by atoms with Gasteiger partial charge in [-0.25, -0.2) is 28.2 Å². The van der Waals surface area contributed by atoms with E-state index in [4.69, 9.17) is 0 Å². The van der Waals surface area contributed by atoms with Crippen LogP contribution < -0.4 is 0 Å². The number of imidazole rings is 1. The first kappa shape index (κ1) is 13.2. The highest BCUT2D eigenvalue weighted by Crippen LogP contribution is 2.52. The molecule has 0 saturated heterocycles. The lowest BCUT2D eigenvalue weighted by Crippen LogP contribution is -2.01. The second-order valence-electron chi connectivity index (χ2n) is 5.60. The van der Waals surface area contributed by atoms with Gasteiger partial charge in [0.1, 0.15) is 6.33 Å². The average molecular weight is 301 g/mol. The van der Waals surface area contributed by atoms with E-state index in [1.165, 1.54) is 6.33 Å². The molecule has 0 spiro atoms. The van der Waals surface area contributed by atoms with Crippen LogP contribution in [0, 0.1) is 12.8 Å². The molecule has 0 radical (unpaired) electrons. The Hall–Kier alpha value is -2.44. The number of aromatic nitrogens is 5. The zero-order valence-corrected chi connectivity index (χ0v) is 11.8. The number of halogens is 2. The van der Waals surface area contributed by atoms with Crippen LogP contribution in [0.3, 0.4) is 0 Å². The number of hydrogen-bond donors (Lipinski definition) is 0. The van der Waals surface area contributed by atoms with Crippen molar-refractivity contribution < 1.29 is 8.78 Å². The Morgan fingerprint density at radius 2 is 2.05 bits per heavy atom. The van der Waals surface area contributed by atoms with Crippen LogP contribution in [-0.4, -0.2) is 31.0 Å². The van der Waals surface area contributed by atoms with Gasteiger partial charge in [-0.05, 0) is 25.3 Å². The minimum Gasteiger partial charge on any atom is -0.244 e. The van der Waals surface area contributed by atoms with E-state index in [0.29, 0.717) is 17.8 Å². The lowest BCUT2D eigenvalue weighted by atomic mass is 10.1. The summed E-state index contributed by atoms with van der Waals surface area (Å²) in [4.78, 5) is 12.4. The molecule has 1 fully saturated rings. The van der Waals surface area contributed by atoms with Crippen LogP contribution in [0.4, 0.5) is 8.78 Å². The third-order valence-electron chi connectivity index (χ3n) is 3.99. The second-order valence-corrected chi connectivity index (χ2v) is 5.60. The van der Waals surface area contributed by atoms with Gasteiger partial charge in [-0.2, -0.15) is 5.10 Å². The Balaban J connectivity index is 1.87. The standard InChI is InChI=1S/C15H13F2N5/c1-8-6-22-15(20-8)12(10-2-11(10)14(16)17)3-13(21-22)9-4-18-7-19-5-9/h3-7,10-11,14H,2H2,1H3/t10-,11-/m0/s1. The van der Waals surface area contributed by atoms with Gasteiger partial charge in [0.15, 0.2) is 5.65 Å². The first-order valence-electron chi connectivity index (χ1n) is 7.04. The smallest absolute Gasteiger partial charge is 0.242 e. The van der Waals surface area contributed by atoms with E-state index < -0.39 is 12.3 Å². The molecule has 7 heteroatoms. The molecule has 1 aliphatic rings. The summed E-state index contributed by atoms with van der Waals surface area (Å²) in [7, 11) is 0. The molecule has 3 aromatic heterocycles. The van der Waals surface area contributed by atoms with Gasteiger partial charge in [-0.3, -0.25) is 0 Å². The Morgan fingerprint density at radius 1 is 1.27 bits per heavy atom. The van der Waals surface area contributed by atoms with Gasteiger partial charge in [0, 0.05) is 29.4 Å². The van der Waals surface area contributed by atoms with Crippen molar-refractivity contribution in [2.45, 2.75) is 25.7 Å². The molecule has 0 bridgehead atoms. The molecule has 4 rings (SSSR count). The quantitative estimate of drug-likeness (QED) is 0.746. The number of alkyl halides is 2. The molecule has 0 aliphatic heterocycles. The predicted octanol–water partition coefficient (Wildman–Crippen LogP) is 2.86. The molecule has 0 N–H and O–H groups in total. The summed E-state index contributed by atoms with van der Waals surface area (Å²) in [5, 5.41) is 4.49. The second kappa shape index (κ2) is 4.79. The van der Waals surface area contributed by atoms with Crippen LogP contribution in [0.2, 0.25) is 0 Å². The van der Waals surface area contributed by atoms with Gasteiger partial charge in [-0.1, -0.05) is 0 Å². The topological polar surface area (TPSA) is 56.0 Å². The summed E-state index contributed by atoms with van der Waals surface area (Å²) >= 11 is 0. The van der Waals surface area contributed by atoms with Gasteiger partial charge < -0.3 is 0 Å². The van der Waals surface area contributed by atoms with Crippen LogP contribution in [0.15, 0.2) is 31.0 Å². The lowest BCUT2D eigenvalue weighted by molar-refractivity contribution is 0.120. The highest BCUT2D eigenvalue weighted by Gasteiger charge is 2.46. The average Bonchev–Trinajstić information content (AvgIpc) is 3.22. The van der Waals surface area contributed by atoms with Crippen LogP contribution in [-0.2, 0) is 0 Å². The third-order valence-corrected chi connectivity index (χ3v) is 3.99. The fraction of sp³-hybridized carbons (Fsp3) is 0.333. The largest absolute Gasteiger partial charge is 0.244 e. The molecule has 5 nitrogen and oxygen atoms in total. The fourth-order valence-corrected chi connectivity index (χ4v) is 2.81. The molecule has 0 unspecified atom stereocenters. The number of aryl methyl sites for hydroxylation is 1. The molecule has 2 atom stereocenters. The minimum atomic E-state index is -2.29. The molecule has 112 valence electrons. The van der Waals surface area contributed by atoms with Crippen molar-refractivity contribution in [2.75, 3.05) is 0 Å². The maximum absolute atomic E-state index is 12.9. The molecule has 1 aliphatic carbocycles. The van der Waals surface area contributed by atoms with E-state index >= 15 is 0 Å². The van der Waals surface area contributed by atoms with Gasteiger partial charge >= 0.3 is 0 Å². The van der Waals surface area contributed by atoms with Crippen molar-refractivity contribution in [3.8, 4) is 11.3 Å². The summed E-state index contributed by atoms with van der Waals surface area (Å²) in [6.07, 6.45) is 4.76. The van der Waals surface area contributed by atoms with E-state index in [2.05, 4.69) is 20.1 Å². The van der Waals surface area contributed by atoms with Gasteiger partial charge in [0.2, 0.25) is 6.43 Å². The Labute approximate surface area is 125 Å². The predicted molar refractivity (Wildman–Crippen MR) is 75.6 cm³/mol. The zero-order chi connectivity index (χ0) is 15.3. The summed E-state index contributed by atoms with van der Waals surface area (Å²) in [6.45, 7) is 1.86. The summed E-state index contributed by atoms with van der Waals surface area (Å²) in [5.41, 5.74) is 3.72. The number of hydrogen-bond acceptors (Lipinski definition) is 4. The van der Waals surface area contributed by atoms with Gasteiger partial charge in [0.25, 0.3) is 0 Å². The molecular formula is C15H13F2N5. The van der Waals surface area contributed by atoms with Crippen LogP contribution >= 0.6 is 0 Å². The van der Waals surface area contributed by atoms with Gasteiger partial charge in [0.05, 0.1) is 17.6 Å². The summed E-state index contributed by atoms with van der Waals surface area (Å²) in [6, 6.07) is 1.84. The summed E-state index contributed by atoms with van der Waals surface area (Å²) < 4.78 is 27.5. The molecule has 0 amide bonds. The van der Waals surface area contributed by atoms with Gasteiger partial charge in [-0.15, -0.1) is 0 Å². The molecule has 3 aromatic rings. The minimum absolute atomic E-state index is 0.157. The normalized spacial score (nSPS) is 20.7. The summed E-state index contributed by atoms with van der Waals surface area (Å²) in [5.74, 6) is -0.737. The van der Waals surface area contributed by atoms with Crippen LogP contribution in [0.25, 0.3) is 16.9 Å². The Kier molecular flexibility index (Phi) is 2.88. The van der Waals surface area contributed by atoms with Crippen molar-refractivity contribution in [1.82, 2.24) is 24.6 Å². The van der Waals surface area contributed by atoms with Crippen LogP contribution in [0.5, 0.6) is 0 Å². The number of nitrogens with zero attached hydrogens (tertiary/aromatic N) is 5. The molecule has 3 heterocycles. The van der Waals surface area contributed by atoms with Crippen molar-refractivity contribution in [1.29, 1.82) is 0 Å². The van der Waals surface area contributed by atoms with Crippen molar-refractivity contribution in [3.63, 3.8) is 0 Å².